The van der Waals surface area contributed by atoms with Gasteiger partial charge in [0.25, 0.3) is 0 Å². The third-order valence-corrected chi connectivity index (χ3v) is 7.23. The lowest BCUT2D eigenvalue weighted by atomic mass is 9.80. The molecule has 0 radical (unpaired) electrons. The number of carbonyl (C=O) groups excluding carboxylic acids is 1. The Bertz CT molecular complexity index is 1070. The van der Waals surface area contributed by atoms with E-state index in [-0.39, 0.29) is 11.7 Å². The Hall–Kier alpha value is -2.54. The maximum atomic E-state index is 12.0. The SMILES string of the molecule is CC(C)C(=O)Cc1ccc(Sc2nc(NC3=NCC(C4CCC4)=C3)nc(C3CC3)n2)cc1. The second kappa shape index (κ2) is 9.14. The zero-order valence-corrected chi connectivity index (χ0v) is 19.5. The minimum Gasteiger partial charge on any atom is -0.309 e. The summed E-state index contributed by atoms with van der Waals surface area (Å²) in [6.45, 7) is 4.68. The number of rotatable bonds is 8. The lowest BCUT2D eigenvalue weighted by Gasteiger charge is -2.26. The Kier molecular flexibility index (Phi) is 6.09. The molecule has 6 nitrogen and oxygen atoms in total. The standard InChI is InChI=1S/C25H29N5OS/c1-15(2)21(31)12-16-6-10-20(11-7-16)32-25-29-23(18-8-9-18)28-24(30-25)27-22-13-19(14-26-22)17-4-3-5-17/h6-7,10-11,13,15,17-18H,3-5,8-9,12,14H2,1-2H3,(H,26,27,28,29,30). The van der Waals surface area contributed by atoms with Crippen molar-refractivity contribution in [2.75, 3.05) is 11.9 Å². The van der Waals surface area contributed by atoms with Gasteiger partial charge in [0.1, 0.15) is 17.4 Å². The van der Waals surface area contributed by atoms with Crippen LogP contribution in [0.1, 0.15) is 63.3 Å². The van der Waals surface area contributed by atoms with Gasteiger partial charge in [-0.1, -0.05) is 32.4 Å². The third kappa shape index (κ3) is 5.09. The van der Waals surface area contributed by atoms with Gasteiger partial charge in [0.15, 0.2) is 5.16 Å². The lowest BCUT2D eigenvalue weighted by Crippen LogP contribution is -2.15. The van der Waals surface area contributed by atoms with Gasteiger partial charge >= 0.3 is 0 Å². The molecule has 2 fully saturated rings. The summed E-state index contributed by atoms with van der Waals surface area (Å²) in [6, 6.07) is 8.11. The van der Waals surface area contributed by atoms with E-state index in [0.717, 1.165) is 41.5 Å². The van der Waals surface area contributed by atoms with Crippen LogP contribution in [-0.2, 0) is 11.2 Å². The van der Waals surface area contributed by atoms with Crippen molar-refractivity contribution in [2.24, 2.45) is 16.8 Å². The van der Waals surface area contributed by atoms with Crippen LogP contribution >= 0.6 is 11.8 Å². The molecule has 0 spiro atoms. The fourth-order valence-corrected chi connectivity index (χ4v) is 4.60. The Labute approximate surface area is 193 Å². The van der Waals surface area contributed by atoms with Gasteiger partial charge in [0.05, 0.1) is 6.54 Å². The van der Waals surface area contributed by atoms with Crippen LogP contribution < -0.4 is 5.32 Å². The van der Waals surface area contributed by atoms with E-state index < -0.39 is 0 Å². The summed E-state index contributed by atoms with van der Waals surface area (Å²) in [6.07, 6.45) is 8.84. The van der Waals surface area contributed by atoms with Gasteiger partial charge < -0.3 is 5.32 Å². The molecule has 0 bridgehead atoms. The number of Topliss-reactive ketones (excluding diaryl/α,β-unsaturated/α-hetero) is 1. The molecule has 3 aliphatic rings. The number of ketones is 1. The number of benzene rings is 1. The minimum absolute atomic E-state index is 0.0603. The first-order valence-electron chi connectivity index (χ1n) is 11.6. The van der Waals surface area contributed by atoms with Crippen LogP contribution in [-0.4, -0.2) is 33.1 Å². The number of anilines is 1. The Morgan fingerprint density at radius 2 is 1.84 bits per heavy atom. The summed E-state index contributed by atoms with van der Waals surface area (Å²) in [5.74, 6) is 3.77. The molecule has 0 unspecified atom stereocenters. The molecule has 2 aliphatic carbocycles. The maximum Gasteiger partial charge on any atom is 0.232 e. The van der Waals surface area contributed by atoms with Crippen LogP contribution in [0.4, 0.5) is 5.95 Å². The van der Waals surface area contributed by atoms with Crippen molar-refractivity contribution >= 4 is 29.3 Å². The summed E-state index contributed by atoms with van der Waals surface area (Å²) in [4.78, 5) is 31.7. The normalized spacial score (nSPS) is 18.3. The number of nitrogens with one attached hydrogen (secondary N) is 1. The van der Waals surface area contributed by atoms with Gasteiger partial charge in [0, 0.05) is 23.2 Å². The number of nitrogens with zero attached hydrogens (tertiary/aromatic N) is 4. The summed E-state index contributed by atoms with van der Waals surface area (Å²) in [5, 5.41) is 4.02. The number of aliphatic imine (C=N–C) groups is 1. The average Bonchev–Trinajstić information content (AvgIpc) is 3.49. The van der Waals surface area contributed by atoms with Gasteiger partial charge in [-0.25, -0.2) is 4.98 Å². The molecule has 1 aliphatic heterocycles. The second-order valence-corrected chi connectivity index (χ2v) is 10.3. The first-order valence-corrected chi connectivity index (χ1v) is 12.4. The molecule has 0 atom stereocenters. The van der Waals surface area contributed by atoms with Gasteiger partial charge in [-0.2, -0.15) is 9.97 Å². The first kappa shape index (κ1) is 21.3. The van der Waals surface area contributed by atoms with E-state index in [4.69, 9.17) is 4.98 Å². The van der Waals surface area contributed by atoms with E-state index in [9.17, 15) is 4.79 Å². The fraction of sp³-hybridized carbons (Fsp3) is 0.480. The molecule has 32 heavy (non-hydrogen) atoms. The zero-order chi connectivity index (χ0) is 22.1. The van der Waals surface area contributed by atoms with E-state index in [1.165, 1.54) is 36.6 Å². The maximum absolute atomic E-state index is 12.0. The molecular weight excluding hydrogens is 418 g/mol. The van der Waals surface area contributed by atoms with Crippen LogP contribution in [0.3, 0.4) is 0 Å². The van der Waals surface area contributed by atoms with Crippen LogP contribution in [0.2, 0.25) is 0 Å². The number of amidine groups is 1. The molecule has 0 amide bonds. The lowest BCUT2D eigenvalue weighted by molar-refractivity contribution is -0.121. The number of aromatic nitrogens is 3. The zero-order valence-electron chi connectivity index (χ0n) is 18.7. The molecule has 166 valence electrons. The van der Waals surface area contributed by atoms with Gasteiger partial charge in [-0.05, 0) is 72.7 Å². The van der Waals surface area contributed by atoms with Crippen LogP contribution in [0, 0.1) is 11.8 Å². The van der Waals surface area contributed by atoms with Gasteiger partial charge in [-0.15, -0.1) is 0 Å². The predicted molar refractivity (Wildman–Crippen MR) is 127 cm³/mol. The summed E-state index contributed by atoms with van der Waals surface area (Å²) >= 11 is 1.53. The number of hydrogen-bond donors (Lipinski definition) is 1. The topological polar surface area (TPSA) is 80.1 Å². The third-order valence-electron chi connectivity index (χ3n) is 6.35. The number of carbonyl (C=O) groups is 1. The van der Waals surface area contributed by atoms with E-state index in [1.54, 1.807) is 0 Å². The largest absolute Gasteiger partial charge is 0.309 e. The van der Waals surface area contributed by atoms with Crippen molar-refractivity contribution in [2.45, 2.75) is 68.3 Å². The fourth-order valence-electron chi connectivity index (χ4n) is 3.84. The molecule has 1 aromatic heterocycles. The molecule has 2 saturated carbocycles. The highest BCUT2D eigenvalue weighted by atomic mass is 32.2. The van der Waals surface area contributed by atoms with Crippen molar-refractivity contribution < 1.29 is 4.79 Å². The Morgan fingerprint density at radius 3 is 2.50 bits per heavy atom. The van der Waals surface area contributed by atoms with E-state index >= 15 is 0 Å². The molecule has 0 saturated heterocycles. The van der Waals surface area contributed by atoms with Crippen LogP contribution in [0.15, 0.2) is 51.0 Å². The summed E-state index contributed by atoms with van der Waals surface area (Å²) in [7, 11) is 0. The second-order valence-electron chi connectivity index (χ2n) is 9.29. The average molecular weight is 448 g/mol. The van der Waals surface area contributed by atoms with Gasteiger partial charge in [-0.3, -0.25) is 9.79 Å². The van der Waals surface area contributed by atoms with Crippen molar-refractivity contribution in [1.82, 2.24) is 15.0 Å². The Balaban J connectivity index is 1.29. The molecule has 2 aromatic rings. The van der Waals surface area contributed by atoms with E-state index in [0.29, 0.717) is 29.4 Å². The van der Waals surface area contributed by atoms with Crippen LogP contribution in [0.25, 0.3) is 0 Å². The highest BCUT2D eigenvalue weighted by Crippen LogP contribution is 2.39. The number of hydrogen-bond acceptors (Lipinski definition) is 7. The molecule has 7 heteroatoms. The predicted octanol–water partition coefficient (Wildman–Crippen LogP) is 5.22. The van der Waals surface area contributed by atoms with Crippen molar-refractivity contribution in [3.63, 3.8) is 0 Å². The van der Waals surface area contributed by atoms with E-state index in [2.05, 4.69) is 26.4 Å². The molecule has 2 heterocycles. The first-order chi connectivity index (χ1) is 15.5. The van der Waals surface area contributed by atoms with Crippen molar-refractivity contribution in [3.8, 4) is 0 Å². The Morgan fingerprint density at radius 1 is 1.06 bits per heavy atom. The summed E-state index contributed by atoms with van der Waals surface area (Å²) < 4.78 is 0. The van der Waals surface area contributed by atoms with Crippen LogP contribution in [0.5, 0.6) is 0 Å². The van der Waals surface area contributed by atoms with Crippen molar-refractivity contribution in [3.05, 3.63) is 47.3 Å². The monoisotopic (exact) mass is 447 g/mol. The molecule has 1 N–H and O–H groups in total. The molecule has 5 rings (SSSR count). The molecular formula is C25H29N5OS. The quantitative estimate of drug-likeness (QED) is 0.598. The highest BCUT2D eigenvalue weighted by molar-refractivity contribution is 7.99. The van der Waals surface area contributed by atoms with Gasteiger partial charge in [0.2, 0.25) is 5.95 Å². The molecule has 1 aromatic carbocycles. The minimum atomic E-state index is 0.0603. The smallest absolute Gasteiger partial charge is 0.232 e. The summed E-state index contributed by atoms with van der Waals surface area (Å²) in [5.41, 5.74) is 2.47. The van der Waals surface area contributed by atoms with Crippen molar-refractivity contribution in [1.29, 1.82) is 0 Å². The van der Waals surface area contributed by atoms with E-state index in [1.807, 2.05) is 38.1 Å². The highest BCUT2D eigenvalue weighted by Gasteiger charge is 2.29.